The van der Waals surface area contributed by atoms with Gasteiger partial charge in [-0.2, -0.15) is 13.2 Å². The highest BCUT2D eigenvalue weighted by Crippen LogP contribution is 2.39. The molecule has 0 spiro atoms. The molecule has 178 valence electrons. The Hall–Kier alpha value is -2.37. The van der Waals surface area contributed by atoms with Crippen LogP contribution in [0.2, 0.25) is 0 Å². The van der Waals surface area contributed by atoms with Crippen molar-refractivity contribution in [2.45, 2.75) is 26.1 Å². The van der Waals surface area contributed by atoms with Crippen LogP contribution in [0.1, 0.15) is 23.6 Å². The fraction of sp³-hybridized carbons (Fsp3) is 0.409. The Bertz CT molecular complexity index is 892. The van der Waals surface area contributed by atoms with Crippen LogP contribution in [0, 0.1) is 0 Å². The number of guanidine groups is 1. The maximum Gasteiger partial charge on any atom is 0.416 e. The largest absolute Gasteiger partial charge is 0.493 e. The quantitative estimate of drug-likeness (QED) is 0.263. The van der Waals surface area contributed by atoms with Crippen molar-refractivity contribution in [3.63, 3.8) is 0 Å². The lowest BCUT2D eigenvalue weighted by Gasteiger charge is -2.16. The summed E-state index contributed by atoms with van der Waals surface area (Å²) in [5.74, 6) is 2.20. The highest BCUT2D eigenvalue weighted by Gasteiger charge is 2.30. The molecular weight excluding hydrogens is 538 g/mol. The molecule has 0 radical (unpaired) electrons. The number of benzene rings is 2. The standard InChI is InChI=1S/C22H28F3N3O3.HI/c1-5-26-21(28-14-15-7-6-8-17(13-15)22(23,24)25)27-12-11-16-9-10-18(29-2)20(31-4)19(16)30-3;/h6-10,13H,5,11-12,14H2,1-4H3,(H2,26,27,28);1H. The summed E-state index contributed by atoms with van der Waals surface area (Å²) in [4.78, 5) is 4.39. The number of methoxy groups -OCH3 is 3. The van der Waals surface area contributed by atoms with Gasteiger partial charge in [0.2, 0.25) is 5.75 Å². The normalized spacial score (nSPS) is 11.4. The maximum absolute atomic E-state index is 12.9. The monoisotopic (exact) mass is 567 g/mol. The average Bonchev–Trinajstić information content (AvgIpc) is 2.76. The zero-order valence-electron chi connectivity index (χ0n) is 18.5. The van der Waals surface area contributed by atoms with Crippen LogP contribution in [0.25, 0.3) is 0 Å². The lowest BCUT2D eigenvalue weighted by atomic mass is 10.1. The van der Waals surface area contributed by atoms with Gasteiger partial charge >= 0.3 is 6.18 Å². The zero-order valence-corrected chi connectivity index (χ0v) is 20.8. The van der Waals surface area contributed by atoms with E-state index in [1.54, 1.807) is 27.4 Å². The fourth-order valence-corrected chi connectivity index (χ4v) is 3.03. The first-order valence-corrected chi connectivity index (χ1v) is 9.80. The Morgan fingerprint density at radius 3 is 2.28 bits per heavy atom. The first-order valence-electron chi connectivity index (χ1n) is 9.80. The van der Waals surface area contributed by atoms with Gasteiger partial charge in [-0.1, -0.05) is 18.2 Å². The number of hydrogen-bond donors (Lipinski definition) is 2. The van der Waals surface area contributed by atoms with Crippen LogP contribution in [0.4, 0.5) is 13.2 Å². The van der Waals surface area contributed by atoms with Crippen LogP contribution in [-0.4, -0.2) is 40.4 Å². The van der Waals surface area contributed by atoms with Gasteiger partial charge in [-0.15, -0.1) is 24.0 Å². The zero-order chi connectivity index (χ0) is 22.9. The number of rotatable bonds is 9. The van der Waals surface area contributed by atoms with Crippen LogP contribution in [-0.2, 0) is 19.1 Å². The third-order valence-corrected chi connectivity index (χ3v) is 4.49. The Morgan fingerprint density at radius 1 is 0.969 bits per heavy atom. The summed E-state index contributed by atoms with van der Waals surface area (Å²) in [6.07, 6.45) is -3.77. The summed E-state index contributed by atoms with van der Waals surface area (Å²) in [6.45, 7) is 3.19. The summed E-state index contributed by atoms with van der Waals surface area (Å²) < 4.78 is 54.9. The van der Waals surface area contributed by atoms with E-state index in [1.165, 1.54) is 6.07 Å². The first kappa shape index (κ1) is 27.7. The molecule has 0 aliphatic heterocycles. The molecule has 0 aliphatic carbocycles. The third kappa shape index (κ3) is 7.64. The Morgan fingerprint density at radius 2 is 1.69 bits per heavy atom. The second-order valence-electron chi connectivity index (χ2n) is 6.56. The molecule has 6 nitrogen and oxygen atoms in total. The van der Waals surface area contributed by atoms with Gasteiger partial charge in [-0.25, -0.2) is 4.99 Å². The molecule has 0 bridgehead atoms. The minimum Gasteiger partial charge on any atom is -0.493 e. The van der Waals surface area contributed by atoms with Crippen LogP contribution in [0.15, 0.2) is 41.4 Å². The predicted molar refractivity (Wildman–Crippen MR) is 129 cm³/mol. The smallest absolute Gasteiger partial charge is 0.416 e. The Kier molecular flexibility index (Phi) is 11.4. The SMILES string of the molecule is CCNC(=NCc1cccc(C(F)(F)F)c1)NCCc1ccc(OC)c(OC)c1OC.I. The number of halogens is 4. The lowest BCUT2D eigenvalue weighted by Crippen LogP contribution is -2.38. The second kappa shape index (κ2) is 13.2. The van der Waals surface area contributed by atoms with E-state index in [0.717, 1.165) is 17.7 Å². The number of aliphatic imine (C=N–C) groups is 1. The number of nitrogens with zero attached hydrogens (tertiary/aromatic N) is 1. The van der Waals surface area contributed by atoms with Gasteiger partial charge in [-0.3, -0.25) is 0 Å². The summed E-state index contributed by atoms with van der Waals surface area (Å²) in [7, 11) is 4.67. The van der Waals surface area contributed by atoms with Gasteiger partial charge in [0.05, 0.1) is 33.4 Å². The van der Waals surface area contributed by atoms with Crippen molar-refractivity contribution in [3.8, 4) is 17.2 Å². The Balaban J connectivity index is 0.00000512. The molecule has 2 rings (SSSR count). The molecule has 0 aliphatic rings. The van der Waals surface area contributed by atoms with Crippen molar-refractivity contribution in [2.24, 2.45) is 4.99 Å². The van der Waals surface area contributed by atoms with E-state index in [9.17, 15) is 13.2 Å². The van der Waals surface area contributed by atoms with Crippen molar-refractivity contribution < 1.29 is 27.4 Å². The minimum atomic E-state index is -4.37. The maximum atomic E-state index is 12.9. The van der Waals surface area contributed by atoms with E-state index in [-0.39, 0.29) is 30.5 Å². The van der Waals surface area contributed by atoms with Gasteiger partial charge in [0, 0.05) is 18.7 Å². The number of ether oxygens (including phenoxy) is 3. The van der Waals surface area contributed by atoms with E-state index in [1.807, 2.05) is 19.1 Å². The minimum absolute atomic E-state index is 0. The van der Waals surface area contributed by atoms with Crippen LogP contribution >= 0.6 is 24.0 Å². The fourth-order valence-electron chi connectivity index (χ4n) is 3.03. The van der Waals surface area contributed by atoms with Crippen molar-refractivity contribution in [3.05, 3.63) is 53.1 Å². The van der Waals surface area contributed by atoms with Gasteiger partial charge < -0.3 is 24.8 Å². The van der Waals surface area contributed by atoms with Gasteiger partial charge in [0.1, 0.15) is 0 Å². The van der Waals surface area contributed by atoms with E-state index in [4.69, 9.17) is 14.2 Å². The highest BCUT2D eigenvalue weighted by atomic mass is 127. The van der Waals surface area contributed by atoms with Crippen molar-refractivity contribution >= 4 is 29.9 Å². The molecule has 10 heteroatoms. The number of nitrogens with one attached hydrogen (secondary N) is 2. The van der Waals surface area contributed by atoms with E-state index in [2.05, 4.69) is 15.6 Å². The van der Waals surface area contributed by atoms with Gasteiger partial charge in [0.25, 0.3) is 0 Å². The highest BCUT2D eigenvalue weighted by molar-refractivity contribution is 14.0. The van der Waals surface area contributed by atoms with Crippen LogP contribution in [0.5, 0.6) is 17.2 Å². The second-order valence-corrected chi connectivity index (χ2v) is 6.56. The molecule has 0 fully saturated rings. The summed E-state index contributed by atoms with van der Waals surface area (Å²) in [5.41, 5.74) is 0.716. The van der Waals surface area contributed by atoms with Crippen LogP contribution in [0.3, 0.4) is 0 Å². The molecule has 0 unspecified atom stereocenters. The Labute approximate surface area is 203 Å². The van der Waals surface area contributed by atoms with Crippen LogP contribution < -0.4 is 24.8 Å². The van der Waals surface area contributed by atoms with Crippen molar-refractivity contribution in [1.82, 2.24) is 10.6 Å². The lowest BCUT2D eigenvalue weighted by molar-refractivity contribution is -0.137. The molecule has 0 heterocycles. The summed E-state index contributed by atoms with van der Waals surface area (Å²) in [6, 6.07) is 8.88. The van der Waals surface area contributed by atoms with Crippen molar-refractivity contribution in [2.75, 3.05) is 34.4 Å². The first-order chi connectivity index (χ1) is 14.8. The third-order valence-electron chi connectivity index (χ3n) is 4.49. The molecule has 0 atom stereocenters. The summed E-state index contributed by atoms with van der Waals surface area (Å²) in [5, 5.41) is 6.28. The summed E-state index contributed by atoms with van der Waals surface area (Å²) >= 11 is 0. The van der Waals surface area contributed by atoms with Gasteiger partial charge in [-0.05, 0) is 37.1 Å². The number of alkyl halides is 3. The van der Waals surface area contributed by atoms with Gasteiger partial charge in [0.15, 0.2) is 17.5 Å². The molecule has 2 aromatic carbocycles. The van der Waals surface area contributed by atoms with E-state index < -0.39 is 11.7 Å². The molecule has 0 saturated heterocycles. The average molecular weight is 567 g/mol. The topological polar surface area (TPSA) is 64.1 Å². The number of hydrogen-bond acceptors (Lipinski definition) is 4. The molecular formula is C22H29F3IN3O3. The molecule has 2 aromatic rings. The molecule has 2 N–H and O–H groups in total. The predicted octanol–water partition coefficient (Wildman–Crippen LogP) is 4.65. The van der Waals surface area contributed by atoms with E-state index in [0.29, 0.717) is 48.3 Å². The molecule has 0 saturated carbocycles. The molecule has 0 aromatic heterocycles. The molecule has 0 amide bonds. The van der Waals surface area contributed by atoms with Crippen molar-refractivity contribution in [1.29, 1.82) is 0 Å². The molecule has 32 heavy (non-hydrogen) atoms. The van der Waals surface area contributed by atoms with E-state index >= 15 is 0 Å².